The van der Waals surface area contributed by atoms with Gasteiger partial charge in [-0.3, -0.25) is 9.69 Å². The van der Waals surface area contributed by atoms with Crippen LogP contribution in [0.2, 0.25) is 0 Å². The number of benzene rings is 2. The van der Waals surface area contributed by atoms with E-state index in [1.807, 2.05) is 0 Å². The quantitative estimate of drug-likeness (QED) is 0.507. The van der Waals surface area contributed by atoms with Gasteiger partial charge < -0.3 is 14.8 Å². The Kier molecular flexibility index (Phi) is 6.52. The lowest BCUT2D eigenvalue weighted by molar-refractivity contribution is 0.0827. The third-order valence-corrected chi connectivity index (χ3v) is 7.48. The Labute approximate surface area is 199 Å². The van der Waals surface area contributed by atoms with Crippen LogP contribution in [0, 0.1) is 13.8 Å². The van der Waals surface area contributed by atoms with E-state index in [4.69, 9.17) is 14.1 Å². The van der Waals surface area contributed by atoms with Crippen molar-refractivity contribution in [2.24, 2.45) is 0 Å². The predicted molar refractivity (Wildman–Crippen MR) is 128 cm³/mol. The summed E-state index contributed by atoms with van der Waals surface area (Å²) in [5.74, 6) is 0.876. The van der Waals surface area contributed by atoms with Crippen LogP contribution in [-0.2, 0) is 11.3 Å². The standard InChI is InChI=1S/C26H32N4O4/c1-16-17(2)25(33-11-10-32-3)9-5-19(16)15-30-21-6-7-22(30)14-20(13-21)27-26(31)18-4-8-23-24(12-18)29-34-28-23/h4-5,8-9,12,20-22H,6-7,10-11,13-15H2,1-3H3,(H,27,31). The Morgan fingerprint density at radius 2 is 1.82 bits per heavy atom. The number of methoxy groups -OCH3 is 1. The van der Waals surface area contributed by atoms with Crippen molar-refractivity contribution in [2.45, 2.75) is 64.2 Å². The summed E-state index contributed by atoms with van der Waals surface area (Å²) >= 11 is 0. The minimum absolute atomic E-state index is 0.0571. The predicted octanol–water partition coefficient (Wildman–Crippen LogP) is 3.79. The van der Waals surface area contributed by atoms with E-state index >= 15 is 0 Å². The zero-order chi connectivity index (χ0) is 23.7. The molecule has 2 bridgehead atoms. The number of piperidine rings is 1. The second-order valence-corrected chi connectivity index (χ2v) is 9.48. The monoisotopic (exact) mass is 464 g/mol. The molecule has 2 fully saturated rings. The number of fused-ring (bicyclic) bond motifs is 3. The SMILES string of the molecule is COCCOc1ccc(CN2C3CCC2CC(NC(=O)c2ccc4nonc4c2)C3)c(C)c1C. The van der Waals surface area contributed by atoms with Gasteiger partial charge in [0.25, 0.3) is 5.91 Å². The number of amides is 1. The number of carbonyl (C=O) groups is 1. The number of aromatic nitrogens is 2. The summed E-state index contributed by atoms with van der Waals surface area (Å²) in [5.41, 5.74) is 5.69. The Hall–Kier alpha value is -2.97. The van der Waals surface area contributed by atoms with Crippen molar-refractivity contribution in [2.75, 3.05) is 20.3 Å². The van der Waals surface area contributed by atoms with Crippen LogP contribution >= 0.6 is 0 Å². The molecule has 0 spiro atoms. The van der Waals surface area contributed by atoms with Gasteiger partial charge in [0.1, 0.15) is 23.4 Å². The minimum atomic E-state index is -0.0571. The van der Waals surface area contributed by atoms with Crippen molar-refractivity contribution in [3.63, 3.8) is 0 Å². The first-order chi connectivity index (χ1) is 16.5. The molecule has 180 valence electrons. The summed E-state index contributed by atoms with van der Waals surface area (Å²) in [6.07, 6.45) is 4.33. The van der Waals surface area contributed by atoms with Gasteiger partial charge in [0.05, 0.1) is 6.61 Å². The smallest absolute Gasteiger partial charge is 0.251 e. The Morgan fingerprint density at radius 1 is 1.06 bits per heavy atom. The summed E-state index contributed by atoms with van der Waals surface area (Å²) in [6, 6.07) is 10.7. The molecule has 1 N–H and O–H groups in total. The van der Waals surface area contributed by atoms with Crippen molar-refractivity contribution in [3.8, 4) is 5.75 Å². The normalized spacial score (nSPS) is 22.3. The maximum Gasteiger partial charge on any atom is 0.251 e. The van der Waals surface area contributed by atoms with Gasteiger partial charge in [0, 0.05) is 37.3 Å². The van der Waals surface area contributed by atoms with E-state index in [-0.39, 0.29) is 11.9 Å². The third kappa shape index (κ3) is 4.52. The largest absolute Gasteiger partial charge is 0.491 e. The lowest BCUT2D eigenvalue weighted by Gasteiger charge is -2.39. The highest BCUT2D eigenvalue weighted by molar-refractivity contribution is 5.97. The molecule has 5 rings (SSSR count). The van der Waals surface area contributed by atoms with Gasteiger partial charge in [-0.1, -0.05) is 6.07 Å². The van der Waals surface area contributed by atoms with Gasteiger partial charge in [0.15, 0.2) is 0 Å². The number of nitrogens with one attached hydrogen (secondary N) is 1. The average molecular weight is 465 g/mol. The molecule has 2 saturated heterocycles. The molecule has 2 unspecified atom stereocenters. The first-order valence-corrected chi connectivity index (χ1v) is 12.0. The summed E-state index contributed by atoms with van der Waals surface area (Å²) in [4.78, 5) is 15.5. The van der Waals surface area contributed by atoms with Crippen LogP contribution < -0.4 is 10.1 Å². The van der Waals surface area contributed by atoms with Crippen molar-refractivity contribution in [1.29, 1.82) is 0 Å². The maximum absolute atomic E-state index is 12.9. The van der Waals surface area contributed by atoms with E-state index in [0.29, 0.717) is 41.9 Å². The van der Waals surface area contributed by atoms with E-state index in [0.717, 1.165) is 25.1 Å². The molecule has 0 radical (unpaired) electrons. The highest BCUT2D eigenvalue weighted by Crippen LogP contribution is 2.38. The van der Waals surface area contributed by atoms with Crippen molar-refractivity contribution < 1.29 is 18.9 Å². The van der Waals surface area contributed by atoms with Gasteiger partial charge in [-0.05, 0) is 90.8 Å². The number of hydrogen-bond acceptors (Lipinski definition) is 7. The molecule has 8 nitrogen and oxygen atoms in total. The second-order valence-electron chi connectivity index (χ2n) is 9.48. The molecular formula is C26H32N4O4. The molecule has 2 aliphatic rings. The molecule has 0 aliphatic carbocycles. The van der Waals surface area contributed by atoms with Gasteiger partial charge in [0.2, 0.25) is 0 Å². The molecule has 3 aromatic rings. The van der Waals surface area contributed by atoms with Crippen molar-refractivity contribution >= 4 is 16.9 Å². The van der Waals surface area contributed by atoms with E-state index in [1.165, 1.54) is 29.5 Å². The second kappa shape index (κ2) is 9.72. The zero-order valence-electron chi connectivity index (χ0n) is 20.0. The van der Waals surface area contributed by atoms with Gasteiger partial charge in [-0.2, -0.15) is 0 Å². The lowest BCUT2D eigenvalue weighted by atomic mass is 9.94. The maximum atomic E-state index is 12.9. The fourth-order valence-electron chi connectivity index (χ4n) is 5.45. The topological polar surface area (TPSA) is 89.7 Å². The van der Waals surface area contributed by atoms with Crippen LogP contribution in [0.25, 0.3) is 11.0 Å². The number of rotatable bonds is 8. The van der Waals surface area contributed by atoms with E-state index in [2.05, 4.69) is 46.5 Å². The number of carbonyl (C=O) groups excluding carboxylic acids is 1. The molecule has 2 aromatic carbocycles. The van der Waals surface area contributed by atoms with Crippen LogP contribution in [0.4, 0.5) is 0 Å². The fourth-order valence-corrected chi connectivity index (χ4v) is 5.45. The summed E-state index contributed by atoms with van der Waals surface area (Å²) in [6.45, 7) is 6.40. The van der Waals surface area contributed by atoms with Crippen LogP contribution in [0.5, 0.6) is 5.75 Å². The van der Waals surface area contributed by atoms with E-state index in [1.54, 1.807) is 25.3 Å². The lowest BCUT2D eigenvalue weighted by Crippen LogP contribution is -2.50. The highest BCUT2D eigenvalue weighted by Gasteiger charge is 2.41. The number of hydrogen-bond donors (Lipinski definition) is 1. The molecule has 3 heterocycles. The molecule has 0 saturated carbocycles. The molecule has 34 heavy (non-hydrogen) atoms. The average Bonchev–Trinajstić information content (AvgIpc) is 3.39. The van der Waals surface area contributed by atoms with Crippen LogP contribution in [0.15, 0.2) is 35.0 Å². The zero-order valence-corrected chi connectivity index (χ0v) is 20.0. The van der Waals surface area contributed by atoms with Crippen LogP contribution in [-0.4, -0.2) is 59.6 Å². The van der Waals surface area contributed by atoms with Gasteiger partial charge in [-0.25, -0.2) is 4.63 Å². The third-order valence-electron chi connectivity index (χ3n) is 7.48. The van der Waals surface area contributed by atoms with Gasteiger partial charge in [-0.15, -0.1) is 0 Å². The molecule has 8 heteroatoms. The Bertz CT molecular complexity index is 1160. The first kappa shape index (κ1) is 22.8. The van der Waals surface area contributed by atoms with Gasteiger partial charge >= 0.3 is 0 Å². The Morgan fingerprint density at radius 3 is 2.59 bits per heavy atom. The Balaban J connectivity index is 1.22. The highest BCUT2D eigenvalue weighted by atomic mass is 16.6. The summed E-state index contributed by atoms with van der Waals surface area (Å²) in [7, 11) is 1.68. The van der Waals surface area contributed by atoms with Crippen molar-refractivity contribution in [3.05, 3.63) is 52.6 Å². The molecular weight excluding hydrogens is 432 g/mol. The fraction of sp³-hybridized carbons (Fsp3) is 0.500. The van der Waals surface area contributed by atoms with Crippen LogP contribution in [0.3, 0.4) is 0 Å². The minimum Gasteiger partial charge on any atom is -0.491 e. The number of nitrogens with zero attached hydrogens (tertiary/aromatic N) is 3. The molecule has 1 aromatic heterocycles. The van der Waals surface area contributed by atoms with Crippen LogP contribution in [0.1, 0.15) is 52.7 Å². The number of ether oxygens (including phenoxy) is 2. The summed E-state index contributed by atoms with van der Waals surface area (Å²) < 4.78 is 15.7. The van der Waals surface area contributed by atoms with E-state index < -0.39 is 0 Å². The van der Waals surface area contributed by atoms with E-state index in [9.17, 15) is 4.79 Å². The molecule has 2 atom stereocenters. The molecule has 2 aliphatic heterocycles. The first-order valence-electron chi connectivity index (χ1n) is 12.0. The summed E-state index contributed by atoms with van der Waals surface area (Å²) in [5, 5.41) is 10.9. The van der Waals surface area contributed by atoms with Crippen molar-refractivity contribution in [1.82, 2.24) is 20.5 Å². The molecule has 1 amide bonds.